The maximum absolute atomic E-state index is 13.1. The van der Waals surface area contributed by atoms with Crippen molar-refractivity contribution in [1.29, 1.82) is 0 Å². The Hall–Kier alpha value is -4.30. The van der Waals surface area contributed by atoms with Gasteiger partial charge in [0.2, 0.25) is 0 Å². The molecule has 33 heavy (non-hydrogen) atoms. The minimum absolute atomic E-state index is 0.124. The molecule has 2 aliphatic rings. The molecule has 0 bridgehead atoms. The average molecular weight is 437 g/mol. The number of carbonyl (C=O) groups excluding carboxylic acids is 2. The number of benzene rings is 3. The highest BCUT2D eigenvalue weighted by atomic mass is 16.3. The number of imide groups is 1. The molecule has 0 fully saturated rings. The summed E-state index contributed by atoms with van der Waals surface area (Å²) in [5.41, 5.74) is 17.3. The first-order valence-electron chi connectivity index (χ1n) is 10.7. The van der Waals surface area contributed by atoms with E-state index in [4.69, 9.17) is 11.5 Å². The van der Waals surface area contributed by atoms with E-state index in [1.807, 2.05) is 36.4 Å². The summed E-state index contributed by atoms with van der Waals surface area (Å²) in [6, 6.07) is 11.0. The number of allylic oxidation sites excluding steroid dienone is 1. The molecule has 0 saturated heterocycles. The SMILES string of the molecule is Nc1ccc2[nH]c3c(c4c(c5c6cc(N)ccc6n(C6C=C[C@@H](O)C6)c35)C(=O)NC4=O)c2c1. The van der Waals surface area contributed by atoms with Gasteiger partial charge in [-0.1, -0.05) is 12.2 Å². The van der Waals surface area contributed by atoms with Crippen LogP contribution in [0, 0.1) is 0 Å². The summed E-state index contributed by atoms with van der Waals surface area (Å²) in [6.45, 7) is 0. The predicted molar refractivity (Wildman–Crippen MR) is 128 cm³/mol. The van der Waals surface area contributed by atoms with Gasteiger partial charge < -0.3 is 26.1 Å². The van der Waals surface area contributed by atoms with Gasteiger partial charge in [0.05, 0.1) is 34.3 Å². The smallest absolute Gasteiger partial charge is 0.259 e. The van der Waals surface area contributed by atoms with Gasteiger partial charge in [-0.2, -0.15) is 0 Å². The molecule has 1 unspecified atom stereocenters. The lowest BCUT2D eigenvalue weighted by Gasteiger charge is -2.16. The summed E-state index contributed by atoms with van der Waals surface area (Å²) in [6.07, 6.45) is 3.73. The Morgan fingerprint density at radius 3 is 2.33 bits per heavy atom. The molecular formula is C25H19N5O3. The zero-order valence-electron chi connectivity index (χ0n) is 17.3. The quantitative estimate of drug-likeness (QED) is 0.155. The lowest BCUT2D eigenvalue weighted by molar-refractivity contribution is 0.0880. The molecule has 7 N–H and O–H groups in total. The molecule has 3 aromatic carbocycles. The second-order valence-electron chi connectivity index (χ2n) is 8.84. The second-order valence-corrected chi connectivity index (χ2v) is 8.84. The Bertz CT molecular complexity index is 1760. The van der Waals surface area contributed by atoms with Crippen LogP contribution in [0.1, 0.15) is 33.2 Å². The standard InChI is InChI=1S/C25H19N5O3/c26-10-1-5-16-14(7-10)18-20-21(25(33)29-24(20)32)19-15-8-11(27)2-6-17(15)30(23(19)22(18)28-16)12-3-4-13(31)9-12/h1-8,12-13,28,31H,9,26-27H2,(H,29,32,33)/t12?,13-/m1/s1. The third kappa shape index (κ3) is 2.22. The normalized spacial score (nSPS) is 20.0. The number of rotatable bonds is 1. The maximum atomic E-state index is 13.1. The van der Waals surface area contributed by atoms with Crippen LogP contribution in [0.2, 0.25) is 0 Å². The van der Waals surface area contributed by atoms with Gasteiger partial charge in [-0.25, -0.2) is 0 Å². The van der Waals surface area contributed by atoms with Gasteiger partial charge in [0, 0.05) is 50.4 Å². The van der Waals surface area contributed by atoms with Crippen molar-refractivity contribution in [1.82, 2.24) is 14.9 Å². The highest BCUT2D eigenvalue weighted by Gasteiger charge is 2.36. The Morgan fingerprint density at radius 1 is 0.909 bits per heavy atom. The number of fused-ring (bicyclic) bond motifs is 10. The van der Waals surface area contributed by atoms with Gasteiger partial charge in [0.15, 0.2) is 0 Å². The zero-order chi connectivity index (χ0) is 22.6. The van der Waals surface area contributed by atoms with Crippen molar-refractivity contribution in [2.24, 2.45) is 0 Å². The number of H-pyrrole nitrogens is 1. The van der Waals surface area contributed by atoms with Crippen LogP contribution in [0.4, 0.5) is 11.4 Å². The van der Waals surface area contributed by atoms with Crippen molar-refractivity contribution in [3.05, 3.63) is 59.7 Å². The second kappa shape index (κ2) is 5.93. The van der Waals surface area contributed by atoms with Crippen LogP contribution in [-0.2, 0) is 0 Å². The van der Waals surface area contributed by atoms with Gasteiger partial charge in [0.25, 0.3) is 11.8 Å². The lowest BCUT2D eigenvalue weighted by Crippen LogP contribution is -2.20. The number of aromatic amines is 1. The van der Waals surface area contributed by atoms with Crippen molar-refractivity contribution in [2.75, 3.05) is 11.5 Å². The number of nitrogens with one attached hydrogen (secondary N) is 2. The Kier molecular flexibility index (Phi) is 3.29. The molecule has 0 spiro atoms. The molecule has 8 nitrogen and oxygen atoms in total. The van der Waals surface area contributed by atoms with Gasteiger partial charge in [-0.15, -0.1) is 0 Å². The molecule has 2 aromatic heterocycles. The Morgan fingerprint density at radius 2 is 1.61 bits per heavy atom. The first-order valence-corrected chi connectivity index (χ1v) is 10.7. The van der Waals surface area contributed by atoms with E-state index in [2.05, 4.69) is 14.9 Å². The van der Waals surface area contributed by atoms with E-state index in [9.17, 15) is 14.7 Å². The summed E-state index contributed by atoms with van der Waals surface area (Å²) in [7, 11) is 0. The zero-order valence-corrected chi connectivity index (χ0v) is 17.3. The van der Waals surface area contributed by atoms with Crippen LogP contribution in [0.3, 0.4) is 0 Å². The van der Waals surface area contributed by atoms with E-state index in [1.54, 1.807) is 12.1 Å². The molecule has 8 heteroatoms. The van der Waals surface area contributed by atoms with E-state index in [1.165, 1.54) is 0 Å². The molecule has 5 aromatic rings. The largest absolute Gasteiger partial charge is 0.399 e. The number of anilines is 2. The third-order valence-electron chi connectivity index (χ3n) is 6.89. The number of aliphatic hydroxyl groups is 1. The Labute approximate surface area is 186 Å². The monoisotopic (exact) mass is 437 g/mol. The third-order valence-corrected chi connectivity index (χ3v) is 6.89. The maximum Gasteiger partial charge on any atom is 0.259 e. The van der Waals surface area contributed by atoms with Crippen LogP contribution in [0.15, 0.2) is 48.6 Å². The van der Waals surface area contributed by atoms with Crippen LogP contribution >= 0.6 is 0 Å². The van der Waals surface area contributed by atoms with Crippen molar-refractivity contribution in [3.63, 3.8) is 0 Å². The van der Waals surface area contributed by atoms with E-state index in [0.717, 1.165) is 32.8 Å². The number of aromatic nitrogens is 2. The molecule has 1 aliphatic heterocycles. The number of nitrogen functional groups attached to an aromatic ring is 2. The topological polar surface area (TPSA) is 139 Å². The van der Waals surface area contributed by atoms with E-state index >= 15 is 0 Å². The number of nitrogens with zero attached hydrogens (tertiary/aromatic N) is 1. The van der Waals surface area contributed by atoms with Crippen molar-refractivity contribution in [2.45, 2.75) is 18.6 Å². The molecule has 1 aliphatic carbocycles. The minimum atomic E-state index is -0.548. The first kappa shape index (κ1) is 18.3. The average Bonchev–Trinajstić information content (AvgIpc) is 3.50. The molecule has 0 radical (unpaired) electrons. The first-order chi connectivity index (χ1) is 15.9. The summed E-state index contributed by atoms with van der Waals surface area (Å²) < 4.78 is 2.13. The van der Waals surface area contributed by atoms with Crippen molar-refractivity contribution < 1.29 is 14.7 Å². The minimum Gasteiger partial charge on any atom is -0.399 e. The van der Waals surface area contributed by atoms with Gasteiger partial charge >= 0.3 is 0 Å². The molecule has 7 rings (SSSR count). The van der Waals surface area contributed by atoms with E-state index in [-0.39, 0.29) is 6.04 Å². The lowest BCUT2D eigenvalue weighted by atomic mass is 9.96. The van der Waals surface area contributed by atoms with Gasteiger partial charge in [-0.05, 0) is 36.4 Å². The van der Waals surface area contributed by atoms with Crippen LogP contribution in [0.25, 0.3) is 43.6 Å². The predicted octanol–water partition coefficient (Wildman–Crippen LogP) is 3.34. The van der Waals surface area contributed by atoms with Crippen molar-refractivity contribution >= 4 is 66.8 Å². The number of hydrogen-bond acceptors (Lipinski definition) is 5. The molecule has 2 amide bonds. The summed E-state index contributed by atoms with van der Waals surface area (Å²) in [4.78, 5) is 29.6. The molecule has 0 saturated carbocycles. The fourth-order valence-electron chi connectivity index (χ4n) is 5.61. The molecule has 2 atom stereocenters. The fourth-order valence-corrected chi connectivity index (χ4v) is 5.61. The molecular weight excluding hydrogens is 418 g/mol. The van der Waals surface area contributed by atoms with Gasteiger partial charge in [0.1, 0.15) is 0 Å². The summed E-state index contributed by atoms with van der Waals surface area (Å²) in [5.74, 6) is -0.852. The van der Waals surface area contributed by atoms with Crippen LogP contribution in [0.5, 0.6) is 0 Å². The number of nitrogens with two attached hydrogens (primary N) is 2. The molecule has 162 valence electrons. The highest BCUT2D eigenvalue weighted by Crippen LogP contribution is 2.46. The number of hydrogen-bond donors (Lipinski definition) is 5. The van der Waals surface area contributed by atoms with Crippen LogP contribution < -0.4 is 16.8 Å². The van der Waals surface area contributed by atoms with Crippen LogP contribution in [-0.4, -0.2) is 32.6 Å². The Balaban J connectivity index is 1.81. The number of aliphatic hydroxyl groups excluding tert-OH is 1. The summed E-state index contributed by atoms with van der Waals surface area (Å²) in [5, 5.41) is 15.6. The highest BCUT2D eigenvalue weighted by molar-refractivity contribution is 6.39. The fraction of sp³-hybridized carbons (Fsp3) is 0.120. The summed E-state index contributed by atoms with van der Waals surface area (Å²) >= 11 is 0. The van der Waals surface area contributed by atoms with E-state index in [0.29, 0.717) is 39.7 Å². The van der Waals surface area contributed by atoms with Gasteiger partial charge in [-0.3, -0.25) is 14.9 Å². The number of carbonyl (C=O) groups is 2. The van der Waals surface area contributed by atoms with E-state index < -0.39 is 17.9 Å². The van der Waals surface area contributed by atoms with Crippen molar-refractivity contribution in [3.8, 4) is 0 Å². The molecule has 3 heterocycles. The number of amides is 2.